The van der Waals surface area contributed by atoms with E-state index < -0.39 is 4.92 Å². The summed E-state index contributed by atoms with van der Waals surface area (Å²) < 4.78 is 5.19. The number of amides is 1. The van der Waals surface area contributed by atoms with Gasteiger partial charge in [0.25, 0.3) is 10.9 Å². The smallest absolute Gasteiger partial charge is 0.277 e. The van der Waals surface area contributed by atoms with Crippen LogP contribution in [0.3, 0.4) is 0 Å². The van der Waals surface area contributed by atoms with Gasteiger partial charge >= 0.3 is 0 Å². The predicted octanol–water partition coefficient (Wildman–Crippen LogP) is 3.68. The van der Waals surface area contributed by atoms with Gasteiger partial charge in [-0.1, -0.05) is 23.9 Å². The zero-order valence-corrected chi connectivity index (χ0v) is 14.5. The van der Waals surface area contributed by atoms with E-state index in [0.29, 0.717) is 16.8 Å². The van der Waals surface area contributed by atoms with Crippen LogP contribution in [-0.2, 0) is 4.79 Å². The number of nitro groups is 1. The van der Waals surface area contributed by atoms with Crippen LogP contribution in [0.5, 0.6) is 0 Å². The van der Waals surface area contributed by atoms with Crippen molar-refractivity contribution in [3.8, 4) is 11.1 Å². The fraction of sp³-hybridized carbons (Fsp3) is 0.118. The number of non-ortho nitro benzene ring substituents is 1. The number of anilines is 1. The predicted molar refractivity (Wildman–Crippen MR) is 96.9 cm³/mol. The van der Waals surface area contributed by atoms with Gasteiger partial charge in [0.1, 0.15) is 0 Å². The maximum Gasteiger partial charge on any atom is 0.277 e. The number of hydrogen-bond donors (Lipinski definition) is 1. The molecule has 8 nitrogen and oxygen atoms in total. The lowest BCUT2D eigenvalue weighted by Gasteiger charge is -2.06. The van der Waals surface area contributed by atoms with Gasteiger partial charge in [0.2, 0.25) is 11.8 Å². The molecule has 0 bridgehead atoms. The summed E-state index contributed by atoms with van der Waals surface area (Å²) in [5, 5.41) is 21.3. The van der Waals surface area contributed by atoms with Crippen LogP contribution in [0.2, 0.25) is 0 Å². The molecule has 1 heterocycles. The molecule has 0 aliphatic rings. The maximum atomic E-state index is 12.0. The first-order valence-corrected chi connectivity index (χ1v) is 8.57. The maximum absolute atomic E-state index is 12.0. The average molecular weight is 370 g/mol. The van der Waals surface area contributed by atoms with E-state index in [0.717, 1.165) is 22.9 Å². The van der Waals surface area contributed by atoms with Gasteiger partial charge in [0.15, 0.2) is 0 Å². The van der Waals surface area contributed by atoms with Crippen LogP contribution in [0.1, 0.15) is 5.89 Å². The number of rotatable bonds is 6. The van der Waals surface area contributed by atoms with Gasteiger partial charge in [-0.3, -0.25) is 14.9 Å². The Morgan fingerprint density at radius 1 is 1.12 bits per heavy atom. The first kappa shape index (κ1) is 17.6. The van der Waals surface area contributed by atoms with Crippen LogP contribution in [0.25, 0.3) is 11.1 Å². The lowest BCUT2D eigenvalue weighted by atomic mass is 10.1. The minimum absolute atomic E-state index is 0.0478. The Hall–Kier alpha value is -3.20. The second-order valence-electron chi connectivity index (χ2n) is 5.31. The van der Waals surface area contributed by atoms with Crippen molar-refractivity contribution in [3.63, 3.8) is 0 Å². The second kappa shape index (κ2) is 7.79. The quantitative estimate of drug-likeness (QED) is 0.400. The second-order valence-corrected chi connectivity index (χ2v) is 6.23. The van der Waals surface area contributed by atoms with Crippen molar-refractivity contribution < 1.29 is 14.1 Å². The van der Waals surface area contributed by atoms with Gasteiger partial charge in [-0.2, -0.15) is 0 Å². The standard InChI is InChI=1S/C17H14N4O4S/c1-11-19-20-17(25-11)26-10-16(22)18-14-6-2-12(3-7-14)13-4-8-15(9-5-13)21(23)24/h2-9H,10H2,1H3,(H,18,22). The van der Waals surface area contributed by atoms with Crippen molar-refractivity contribution in [2.75, 3.05) is 11.1 Å². The molecule has 0 saturated carbocycles. The molecule has 2 aromatic carbocycles. The van der Waals surface area contributed by atoms with Crippen molar-refractivity contribution in [1.82, 2.24) is 10.2 Å². The molecule has 1 N–H and O–H groups in total. The number of carbonyl (C=O) groups is 1. The Bertz CT molecular complexity index is 923. The SMILES string of the molecule is Cc1nnc(SCC(=O)Nc2ccc(-c3ccc([N+](=O)[O-])cc3)cc2)o1. The van der Waals surface area contributed by atoms with Gasteiger partial charge in [-0.25, -0.2) is 0 Å². The molecule has 1 aromatic heterocycles. The zero-order chi connectivity index (χ0) is 18.5. The van der Waals surface area contributed by atoms with Crippen molar-refractivity contribution in [1.29, 1.82) is 0 Å². The van der Waals surface area contributed by atoms with E-state index in [4.69, 9.17) is 4.42 Å². The third-order valence-corrected chi connectivity index (χ3v) is 4.23. The number of nitrogens with zero attached hydrogens (tertiary/aromatic N) is 3. The number of carbonyl (C=O) groups excluding carboxylic acids is 1. The normalized spacial score (nSPS) is 10.5. The molecule has 0 aliphatic carbocycles. The van der Waals surface area contributed by atoms with Gasteiger partial charge in [0, 0.05) is 24.7 Å². The highest BCUT2D eigenvalue weighted by molar-refractivity contribution is 7.99. The van der Waals surface area contributed by atoms with E-state index in [1.165, 1.54) is 12.1 Å². The van der Waals surface area contributed by atoms with E-state index in [-0.39, 0.29) is 17.3 Å². The summed E-state index contributed by atoms with van der Waals surface area (Å²) in [6, 6.07) is 13.5. The summed E-state index contributed by atoms with van der Waals surface area (Å²) in [5.41, 5.74) is 2.46. The molecule has 0 atom stereocenters. The van der Waals surface area contributed by atoms with Gasteiger partial charge < -0.3 is 9.73 Å². The molecule has 0 radical (unpaired) electrons. The molecule has 0 spiro atoms. The third kappa shape index (κ3) is 4.45. The molecule has 0 aliphatic heterocycles. The zero-order valence-electron chi connectivity index (χ0n) is 13.7. The Balaban J connectivity index is 1.58. The summed E-state index contributed by atoms with van der Waals surface area (Å²) in [6.07, 6.45) is 0. The fourth-order valence-corrected chi connectivity index (χ4v) is 2.79. The van der Waals surface area contributed by atoms with Crippen molar-refractivity contribution in [2.24, 2.45) is 0 Å². The Morgan fingerprint density at radius 3 is 2.27 bits per heavy atom. The van der Waals surface area contributed by atoms with Crippen molar-refractivity contribution in [3.05, 3.63) is 64.5 Å². The van der Waals surface area contributed by atoms with Crippen LogP contribution >= 0.6 is 11.8 Å². The minimum Gasteiger partial charge on any atom is -0.416 e. The molecule has 3 rings (SSSR count). The Kier molecular flexibility index (Phi) is 5.28. The number of aryl methyl sites for hydroxylation is 1. The molecule has 9 heteroatoms. The van der Waals surface area contributed by atoms with Gasteiger partial charge in [-0.15, -0.1) is 10.2 Å². The van der Waals surface area contributed by atoms with Crippen LogP contribution in [0.4, 0.5) is 11.4 Å². The van der Waals surface area contributed by atoms with E-state index in [1.807, 2.05) is 12.1 Å². The lowest BCUT2D eigenvalue weighted by Crippen LogP contribution is -2.13. The highest BCUT2D eigenvalue weighted by atomic mass is 32.2. The highest BCUT2D eigenvalue weighted by Crippen LogP contribution is 2.24. The number of benzene rings is 2. The first-order valence-electron chi connectivity index (χ1n) is 7.59. The molecule has 0 fully saturated rings. The van der Waals surface area contributed by atoms with E-state index >= 15 is 0 Å². The minimum atomic E-state index is -0.434. The molecule has 3 aromatic rings. The molecule has 26 heavy (non-hydrogen) atoms. The Morgan fingerprint density at radius 2 is 1.73 bits per heavy atom. The number of nitro benzene ring substituents is 1. The molecule has 1 amide bonds. The molecular weight excluding hydrogens is 356 g/mol. The molecule has 0 unspecified atom stereocenters. The molecular formula is C17H14N4O4S. The fourth-order valence-electron chi connectivity index (χ4n) is 2.18. The number of thioether (sulfide) groups is 1. The summed E-state index contributed by atoms with van der Waals surface area (Å²) in [7, 11) is 0. The monoisotopic (exact) mass is 370 g/mol. The van der Waals surface area contributed by atoms with Crippen LogP contribution in [0, 0.1) is 17.0 Å². The molecule has 0 saturated heterocycles. The van der Waals surface area contributed by atoms with E-state index in [9.17, 15) is 14.9 Å². The first-order chi connectivity index (χ1) is 12.5. The summed E-state index contributed by atoms with van der Waals surface area (Å²) in [5.74, 6) is 0.426. The van der Waals surface area contributed by atoms with Gasteiger partial charge in [-0.05, 0) is 35.4 Å². The molecule has 132 valence electrons. The van der Waals surface area contributed by atoms with Crippen molar-refractivity contribution >= 4 is 29.0 Å². The number of aromatic nitrogens is 2. The van der Waals surface area contributed by atoms with Gasteiger partial charge in [0.05, 0.1) is 10.7 Å². The lowest BCUT2D eigenvalue weighted by molar-refractivity contribution is -0.384. The summed E-state index contributed by atoms with van der Waals surface area (Å²) in [6.45, 7) is 1.68. The topological polar surface area (TPSA) is 111 Å². The number of nitrogens with one attached hydrogen (secondary N) is 1. The van der Waals surface area contributed by atoms with E-state index in [1.54, 1.807) is 31.2 Å². The van der Waals surface area contributed by atoms with Crippen LogP contribution in [0.15, 0.2) is 58.2 Å². The summed E-state index contributed by atoms with van der Waals surface area (Å²) >= 11 is 1.16. The highest BCUT2D eigenvalue weighted by Gasteiger charge is 2.09. The van der Waals surface area contributed by atoms with Crippen LogP contribution < -0.4 is 5.32 Å². The average Bonchev–Trinajstić information content (AvgIpc) is 3.06. The van der Waals surface area contributed by atoms with E-state index in [2.05, 4.69) is 15.5 Å². The Labute approximate surface area is 152 Å². The van der Waals surface area contributed by atoms with Crippen LogP contribution in [-0.4, -0.2) is 26.8 Å². The van der Waals surface area contributed by atoms with Crippen molar-refractivity contribution in [2.45, 2.75) is 12.1 Å². The summed E-state index contributed by atoms with van der Waals surface area (Å²) in [4.78, 5) is 22.2. The number of hydrogen-bond acceptors (Lipinski definition) is 7. The largest absolute Gasteiger partial charge is 0.416 e. The third-order valence-electron chi connectivity index (χ3n) is 3.41.